The van der Waals surface area contributed by atoms with Gasteiger partial charge in [-0.25, -0.2) is 0 Å². The Balaban J connectivity index is 2.43. The van der Waals surface area contributed by atoms with Gasteiger partial charge in [-0.2, -0.15) is 0 Å². The lowest BCUT2D eigenvalue weighted by molar-refractivity contribution is -0.132. The van der Waals surface area contributed by atoms with Crippen LogP contribution in [-0.4, -0.2) is 23.9 Å². The van der Waals surface area contributed by atoms with Gasteiger partial charge in [0.05, 0.1) is 0 Å². The lowest BCUT2D eigenvalue weighted by Gasteiger charge is -2.36. The van der Waals surface area contributed by atoms with E-state index in [2.05, 4.69) is 6.92 Å². The molecule has 0 unspecified atom stereocenters. The summed E-state index contributed by atoms with van der Waals surface area (Å²) in [5.74, 6) is 0.257. The zero-order chi connectivity index (χ0) is 9.90. The number of rotatable bonds is 1. The summed E-state index contributed by atoms with van der Waals surface area (Å²) in [6, 6.07) is 0. The number of carbonyl (C=O) groups is 1. The number of carbonyl (C=O) groups excluding carboxylic acids is 1. The fraction of sp³-hybridized carbons (Fsp3) is 0.900. The molecule has 0 saturated carbocycles. The van der Waals surface area contributed by atoms with Gasteiger partial charge in [-0.1, -0.05) is 20.7 Å². The van der Waals surface area contributed by atoms with Gasteiger partial charge in [-0.05, 0) is 18.3 Å². The topological polar surface area (TPSA) is 20.3 Å². The van der Waals surface area contributed by atoms with Crippen molar-refractivity contribution in [3.8, 4) is 0 Å². The van der Waals surface area contributed by atoms with Gasteiger partial charge in [-0.15, -0.1) is 0 Å². The predicted octanol–water partition coefficient (Wildman–Crippen LogP) is 2.04. The van der Waals surface area contributed by atoms with E-state index in [0.717, 1.165) is 25.9 Å². The Bertz CT molecular complexity index is 185. The van der Waals surface area contributed by atoms with Gasteiger partial charge < -0.3 is 4.90 Å². The maximum atomic E-state index is 11.3. The molecule has 0 aromatic rings. The Morgan fingerprint density at radius 1 is 1.58 bits per heavy atom. The third kappa shape index (κ3) is 2.23. The van der Waals surface area contributed by atoms with Gasteiger partial charge in [0.1, 0.15) is 0 Å². The molecule has 70 valence electrons. The van der Waals surface area contributed by atoms with Crippen LogP contribution >= 0.6 is 0 Å². The smallest absolute Gasteiger partial charge is 0.222 e. The Morgan fingerprint density at radius 3 is 2.58 bits per heavy atom. The van der Waals surface area contributed by atoms with E-state index in [1.165, 1.54) is 0 Å². The fourth-order valence-electron chi connectivity index (χ4n) is 1.52. The number of piperidine rings is 1. The van der Waals surface area contributed by atoms with Crippen molar-refractivity contribution in [1.82, 2.24) is 4.90 Å². The lowest BCUT2D eigenvalue weighted by atomic mass is 9.82. The highest BCUT2D eigenvalue weighted by molar-refractivity contribution is 5.75. The van der Waals surface area contributed by atoms with Crippen LogP contribution in [0.1, 0.15) is 41.4 Å². The Hall–Kier alpha value is -0.530. The summed E-state index contributed by atoms with van der Waals surface area (Å²) in [5.41, 5.74) is 0.157. The van der Waals surface area contributed by atoms with Gasteiger partial charge in [0.25, 0.3) is 0 Å². The average molecular weight is 171 g/mol. The molecule has 0 spiro atoms. The second kappa shape index (κ2) is 3.46. The molecule has 1 saturated heterocycles. The molecular weight excluding hydrogens is 150 g/mol. The van der Waals surface area contributed by atoms with Crippen LogP contribution in [-0.2, 0) is 4.79 Å². The normalized spacial score (nSPS) is 23.5. The summed E-state index contributed by atoms with van der Waals surface area (Å²) in [5, 5.41) is 0. The second-order valence-corrected chi connectivity index (χ2v) is 4.05. The van der Waals surface area contributed by atoms with Gasteiger partial charge in [0.2, 0.25) is 5.91 Å². The molecule has 0 N–H and O–H groups in total. The third-order valence-corrected chi connectivity index (χ3v) is 2.63. The van der Waals surface area contributed by atoms with Crippen LogP contribution in [0.4, 0.5) is 0 Å². The monoisotopic (exact) mass is 171 g/mol. The van der Waals surface area contributed by atoms with E-state index in [1.807, 2.05) is 11.8 Å². The van der Waals surface area contributed by atoms with Crippen molar-refractivity contribution in [2.24, 2.45) is 5.41 Å². The third-order valence-electron chi connectivity index (χ3n) is 2.63. The van der Waals surface area contributed by atoms with Crippen molar-refractivity contribution in [2.45, 2.75) is 40.0 Å². The van der Waals surface area contributed by atoms with Crippen molar-refractivity contribution < 1.29 is 6.17 Å². The number of likely N-dealkylation sites (tertiary alicyclic amines) is 1. The predicted molar refractivity (Wildman–Crippen MR) is 49.9 cm³/mol. The first-order chi connectivity index (χ1) is 6.11. The molecule has 0 aromatic carbocycles. The molecule has 1 rings (SSSR count). The zero-order valence-corrected chi connectivity index (χ0v) is 8.10. The Morgan fingerprint density at radius 2 is 2.17 bits per heavy atom. The lowest BCUT2D eigenvalue weighted by Crippen LogP contribution is -2.40. The van der Waals surface area contributed by atoms with Crippen molar-refractivity contribution in [3.63, 3.8) is 0 Å². The molecule has 2 heteroatoms. The molecule has 12 heavy (non-hydrogen) atoms. The van der Waals surface area contributed by atoms with E-state index in [9.17, 15) is 4.79 Å². The van der Waals surface area contributed by atoms with E-state index in [0.29, 0.717) is 13.3 Å². The van der Waals surface area contributed by atoms with Crippen molar-refractivity contribution in [1.29, 1.82) is 0 Å². The molecule has 0 radical (unpaired) electrons. The van der Waals surface area contributed by atoms with Gasteiger partial charge >= 0.3 is 0 Å². The summed E-state index contributed by atoms with van der Waals surface area (Å²) < 4.78 is 7.41. The fourth-order valence-corrected chi connectivity index (χ4v) is 1.52. The molecule has 0 bridgehead atoms. The molecule has 1 aliphatic rings. The van der Waals surface area contributed by atoms with Crippen molar-refractivity contribution >= 4 is 5.91 Å². The van der Waals surface area contributed by atoms with E-state index < -0.39 is 0 Å². The molecule has 1 fully saturated rings. The minimum Gasteiger partial charge on any atom is -0.343 e. The zero-order valence-electron chi connectivity index (χ0n) is 9.10. The minimum absolute atomic E-state index is 0.157. The largest absolute Gasteiger partial charge is 0.343 e. The maximum Gasteiger partial charge on any atom is 0.222 e. The standard InChI is InChI=1S/C10H19NO/c1-4-9(12)11-7-5-10(2,3)6-8-11/h4-8H2,1-3H3/i2T. The van der Waals surface area contributed by atoms with Crippen LogP contribution in [0.3, 0.4) is 0 Å². The highest BCUT2D eigenvalue weighted by Gasteiger charge is 2.26. The van der Waals surface area contributed by atoms with E-state index in [4.69, 9.17) is 1.37 Å². The Labute approximate surface area is 76.3 Å². The minimum atomic E-state index is 0.157. The average Bonchev–Trinajstić information content (AvgIpc) is 2.18. The van der Waals surface area contributed by atoms with Crippen LogP contribution in [0.5, 0.6) is 0 Å². The first kappa shape index (κ1) is 8.09. The molecular formula is C10H19NO. The second-order valence-electron chi connectivity index (χ2n) is 4.05. The van der Waals surface area contributed by atoms with Crippen molar-refractivity contribution in [2.75, 3.05) is 13.1 Å². The maximum absolute atomic E-state index is 11.3. The molecule has 1 amide bonds. The van der Waals surface area contributed by atoms with Gasteiger partial charge in [-0.3, -0.25) is 4.79 Å². The van der Waals surface area contributed by atoms with Crippen LogP contribution in [0, 0.1) is 5.41 Å². The van der Waals surface area contributed by atoms with Crippen LogP contribution in [0.25, 0.3) is 0 Å². The first-order valence-corrected chi connectivity index (χ1v) is 4.68. The highest BCUT2D eigenvalue weighted by Crippen LogP contribution is 2.29. The summed E-state index contributed by atoms with van der Waals surface area (Å²) in [6.45, 7) is 6.24. The van der Waals surface area contributed by atoms with E-state index >= 15 is 0 Å². The Kier molecular flexibility index (Phi) is 2.33. The van der Waals surface area contributed by atoms with E-state index in [1.54, 1.807) is 0 Å². The molecule has 1 aliphatic heterocycles. The van der Waals surface area contributed by atoms with E-state index in [-0.39, 0.29) is 11.3 Å². The van der Waals surface area contributed by atoms with Crippen LogP contribution < -0.4 is 0 Å². The number of hydrogen-bond donors (Lipinski definition) is 0. The SMILES string of the molecule is [3H]CC1(C)CCN(C(=O)CC)CC1. The summed E-state index contributed by atoms with van der Waals surface area (Å²) in [4.78, 5) is 13.3. The van der Waals surface area contributed by atoms with Gasteiger partial charge in [0.15, 0.2) is 0 Å². The van der Waals surface area contributed by atoms with Crippen LogP contribution in [0.15, 0.2) is 0 Å². The molecule has 0 aromatic heterocycles. The summed E-state index contributed by atoms with van der Waals surface area (Å²) in [6.07, 6.45) is 2.59. The highest BCUT2D eigenvalue weighted by atomic mass is 16.2. The van der Waals surface area contributed by atoms with Gasteiger partial charge in [0, 0.05) is 20.9 Å². The number of hydrogen-bond acceptors (Lipinski definition) is 1. The summed E-state index contributed by atoms with van der Waals surface area (Å²) >= 11 is 0. The quantitative estimate of drug-likeness (QED) is 0.591. The summed E-state index contributed by atoms with van der Waals surface area (Å²) in [7, 11) is 0. The molecule has 2 nitrogen and oxygen atoms in total. The molecule has 0 aliphatic carbocycles. The molecule has 1 heterocycles. The molecule has 0 atom stereocenters. The number of amides is 1. The van der Waals surface area contributed by atoms with Crippen molar-refractivity contribution in [3.05, 3.63) is 0 Å². The number of nitrogens with zero attached hydrogens (tertiary/aromatic N) is 1. The van der Waals surface area contributed by atoms with Crippen LogP contribution in [0.2, 0.25) is 0 Å². The first-order valence-electron chi connectivity index (χ1n) is 5.39.